The lowest BCUT2D eigenvalue weighted by molar-refractivity contribution is -0.140. The fourth-order valence-corrected chi connectivity index (χ4v) is 1.29. The number of aliphatic hydroxyl groups is 1. The Morgan fingerprint density at radius 3 is 2.47 bits per heavy atom. The zero-order valence-electron chi connectivity index (χ0n) is 8.99. The molecule has 0 radical (unpaired) electrons. The molecular formula is C10H17NO4. The van der Waals surface area contributed by atoms with Gasteiger partial charge in [-0.2, -0.15) is 0 Å². The highest BCUT2D eigenvalue weighted by molar-refractivity contribution is 5.89. The first kappa shape index (κ1) is 12.0. The molecule has 1 fully saturated rings. The first-order chi connectivity index (χ1) is 6.87. The summed E-state index contributed by atoms with van der Waals surface area (Å²) in [5, 5.41) is 20.8. The van der Waals surface area contributed by atoms with E-state index in [-0.39, 0.29) is 12.5 Å². The third-order valence-electron chi connectivity index (χ3n) is 2.85. The maximum Gasteiger partial charge on any atom is 0.307 e. The fourth-order valence-electron chi connectivity index (χ4n) is 1.29. The number of aliphatic carboxylic acids is 1. The van der Waals surface area contributed by atoms with Crippen LogP contribution in [0.5, 0.6) is 0 Å². The van der Waals surface area contributed by atoms with Gasteiger partial charge >= 0.3 is 5.97 Å². The maximum atomic E-state index is 11.4. The van der Waals surface area contributed by atoms with E-state index >= 15 is 0 Å². The van der Waals surface area contributed by atoms with E-state index in [2.05, 4.69) is 5.32 Å². The average molecular weight is 215 g/mol. The molecule has 3 unspecified atom stereocenters. The van der Waals surface area contributed by atoms with Crippen LogP contribution in [-0.2, 0) is 9.59 Å². The van der Waals surface area contributed by atoms with Crippen molar-refractivity contribution >= 4 is 11.9 Å². The number of nitrogens with one attached hydrogen (secondary N) is 1. The number of hydrogen-bond donors (Lipinski definition) is 3. The third-order valence-corrected chi connectivity index (χ3v) is 2.85. The molecule has 0 aromatic carbocycles. The lowest BCUT2D eigenvalue weighted by Crippen LogP contribution is -2.41. The van der Waals surface area contributed by atoms with E-state index < -0.39 is 23.4 Å². The van der Waals surface area contributed by atoms with Crippen LogP contribution in [0.15, 0.2) is 0 Å². The molecule has 0 aromatic rings. The summed E-state index contributed by atoms with van der Waals surface area (Å²) in [5.74, 6) is -2.12. The summed E-state index contributed by atoms with van der Waals surface area (Å²) in [7, 11) is 0. The standard InChI is InChI=1S/C10H17NO4/c1-3-10(2,15)5-11-8(12)6-4-7(6)9(13)14/h6-7,15H,3-5H2,1-2H3,(H,11,12)(H,13,14). The molecule has 15 heavy (non-hydrogen) atoms. The Labute approximate surface area is 88.5 Å². The van der Waals surface area contributed by atoms with Crippen LogP contribution in [0.3, 0.4) is 0 Å². The highest BCUT2D eigenvalue weighted by Gasteiger charge is 2.48. The van der Waals surface area contributed by atoms with Gasteiger partial charge in [0.15, 0.2) is 0 Å². The Hall–Kier alpha value is -1.10. The van der Waals surface area contributed by atoms with E-state index in [1.807, 2.05) is 6.92 Å². The minimum atomic E-state index is -0.919. The van der Waals surface area contributed by atoms with Crippen LogP contribution in [0, 0.1) is 11.8 Å². The van der Waals surface area contributed by atoms with Gasteiger partial charge in [0.05, 0.1) is 17.4 Å². The topological polar surface area (TPSA) is 86.6 Å². The van der Waals surface area contributed by atoms with E-state index in [4.69, 9.17) is 5.11 Å². The van der Waals surface area contributed by atoms with Crippen molar-refractivity contribution < 1.29 is 19.8 Å². The molecule has 1 rings (SSSR count). The summed E-state index contributed by atoms with van der Waals surface area (Å²) in [5.41, 5.74) is -0.913. The van der Waals surface area contributed by atoms with Crippen LogP contribution in [-0.4, -0.2) is 34.2 Å². The number of carboxylic acids is 1. The molecule has 3 N–H and O–H groups in total. The van der Waals surface area contributed by atoms with Gasteiger partial charge in [0.25, 0.3) is 0 Å². The molecule has 1 amide bonds. The van der Waals surface area contributed by atoms with Crippen molar-refractivity contribution in [1.29, 1.82) is 0 Å². The summed E-state index contributed by atoms with van der Waals surface area (Å²) in [4.78, 5) is 21.9. The zero-order valence-corrected chi connectivity index (χ0v) is 8.99. The van der Waals surface area contributed by atoms with E-state index in [0.29, 0.717) is 12.8 Å². The van der Waals surface area contributed by atoms with Gasteiger partial charge in [0, 0.05) is 6.54 Å². The van der Waals surface area contributed by atoms with Crippen LogP contribution in [0.2, 0.25) is 0 Å². The number of hydrogen-bond acceptors (Lipinski definition) is 3. The number of rotatable bonds is 5. The minimum absolute atomic E-state index is 0.172. The van der Waals surface area contributed by atoms with Gasteiger partial charge in [-0.05, 0) is 19.8 Å². The molecule has 1 aliphatic carbocycles. The second kappa shape index (κ2) is 4.18. The highest BCUT2D eigenvalue weighted by atomic mass is 16.4. The largest absolute Gasteiger partial charge is 0.481 e. The van der Waals surface area contributed by atoms with E-state index in [1.165, 1.54) is 0 Å². The number of amides is 1. The van der Waals surface area contributed by atoms with E-state index in [0.717, 1.165) is 0 Å². The van der Waals surface area contributed by atoms with Crippen LogP contribution in [0.1, 0.15) is 26.7 Å². The predicted molar refractivity (Wildman–Crippen MR) is 53.2 cm³/mol. The van der Waals surface area contributed by atoms with Crippen molar-refractivity contribution in [2.24, 2.45) is 11.8 Å². The molecule has 1 aliphatic rings. The van der Waals surface area contributed by atoms with Crippen molar-refractivity contribution in [2.75, 3.05) is 6.54 Å². The van der Waals surface area contributed by atoms with Gasteiger partial charge in [-0.1, -0.05) is 6.92 Å². The molecule has 0 aliphatic heterocycles. The van der Waals surface area contributed by atoms with Crippen LogP contribution >= 0.6 is 0 Å². The lowest BCUT2D eigenvalue weighted by Gasteiger charge is -2.21. The van der Waals surface area contributed by atoms with Gasteiger partial charge in [0.1, 0.15) is 0 Å². The summed E-state index contributed by atoms with van der Waals surface area (Å²) in [6.07, 6.45) is 0.954. The van der Waals surface area contributed by atoms with Gasteiger partial charge in [-0.3, -0.25) is 9.59 Å². The first-order valence-electron chi connectivity index (χ1n) is 5.10. The second-order valence-corrected chi connectivity index (χ2v) is 4.36. The van der Waals surface area contributed by atoms with Crippen molar-refractivity contribution in [1.82, 2.24) is 5.32 Å². The average Bonchev–Trinajstić information content (AvgIpc) is 2.94. The summed E-state index contributed by atoms with van der Waals surface area (Å²) >= 11 is 0. The molecule has 5 nitrogen and oxygen atoms in total. The van der Waals surface area contributed by atoms with Gasteiger partial charge < -0.3 is 15.5 Å². The Kier molecular flexibility index (Phi) is 3.34. The molecular weight excluding hydrogens is 198 g/mol. The van der Waals surface area contributed by atoms with Crippen molar-refractivity contribution in [2.45, 2.75) is 32.3 Å². The molecule has 5 heteroatoms. The fraction of sp³-hybridized carbons (Fsp3) is 0.800. The Bertz CT molecular complexity index is 275. The molecule has 86 valence electrons. The quantitative estimate of drug-likeness (QED) is 0.601. The number of carbonyl (C=O) groups excluding carboxylic acids is 1. The molecule has 0 spiro atoms. The summed E-state index contributed by atoms with van der Waals surface area (Å²) < 4.78 is 0. The molecule has 0 saturated heterocycles. The van der Waals surface area contributed by atoms with E-state index in [9.17, 15) is 14.7 Å². The first-order valence-corrected chi connectivity index (χ1v) is 5.10. The predicted octanol–water partition coefficient (Wildman–Crippen LogP) is -0.0157. The molecule has 0 heterocycles. The molecule has 0 aromatic heterocycles. The Morgan fingerprint density at radius 1 is 1.47 bits per heavy atom. The van der Waals surface area contributed by atoms with Crippen LogP contribution in [0.4, 0.5) is 0 Å². The number of carbonyl (C=O) groups is 2. The van der Waals surface area contributed by atoms with Crippen LogP contribution in [0.25, 0.3) is 0 Å². The van der Waals surface area contributed by atoms with Crippen LogP contribution < -0.4 is 5.32 Å². The van der Waals surface area contributed by atoms with Gasteiger partial charge in [-0.15, -0.1) is 0 Å². The third kappa shape index (κ3) is 3.20. The lowest BCUT2D eigenvalue weighted by atomic mass is 10.0. The normalized spacial score (nSPS) is 27.9. The molecule has 3 atom stereocenters. The minimum Gasteiger partial charge on any atom is -0.481 e. The van der Waals surface area contributed by atoms with Crippen molar-refractivity contribution in [3.05, 3.63) is 0 Å². The Morgan fingerprint density at radius 2 is 2.07 bits per heavy atom. The SMILES string of the molecule is CCC(C)(O)CNC(=O)C1CC1C(=O)O. The molecule has 1 saturated carbocycles. The summed E-state index contributed by atoms with van der Waals surface area (Å²) in [6.45, 7) is 3.63. The maximum absolute atomic E-state index is 11.4. The number of carboxylic acid groups (broad SMARTS) is 1. The van der Waals surface area contributed by atoms with Gasteiger partial charge in [-0.25, -0.2) is 0 Å². The van der Waals surface area contributed by atoms with Crippen molar-refractivity contribution in [3.63, 3.8) is 0 Å². The van der Waals surface area contributed by atoms with E-state index in [1.54, 1.807) is 6.92 Å². The second-order valence-electron chi connectivity index (χ2n) is 4.36. The Balaban J connectivity index is 2.30. The zero-order chi connectivity index (χ0) is 11.6. The van der Waals surface area contributed by atoms with Gasteiger partial charge in [0.2, 0.25) is 5.91 Å². The smallest absolute Gasteiger partial charge is 0.307 e. The summed E-state index contributed by atoms with van der Waals surface area (Å²) in [6, 6.07) is 0. The molecule has 0 bridgehead atoms. The highest BCUT2D eigenvalue weighted by Crippen LogP contribution is 2.38. The van der Waals surface area contributed by atoms with Crippen molar-refractivity contribution in [3.8, 4) is 0 Å². The monoisotopic (exact) mass is 215 g/mol.